The molecule has 132 valence electrons. The van der Waals surface area contributed by atoms with Crippen molar-refractivity contribution in [3.05, 3.63) is 58.1 Å². The lowest BCUT2D eigenvalue weighted by Crippen LogP contribution is -2.43. The highest BCUT2D eigenvalue weighted by Crippen LogP contribution is 2.26. The summed E-state index contributed by atoms with van der Waals surface area (Å²) in [4.78, 5) is 23.7. The number of hydrogen-bond acceptors (Lipinski definition) is 4. The van der Waals surface area contributed by atoms with E-state index in [4.69, 9.17) is 32.7 Å². The molecule has 0 atom stereocenters. The molecule has 2 aromatic rings. The second kappa shape index (κ2) is 9.15. The predicted octanol–water partition coefficient (Wildman–Crippen LogP) is 3.23. The van der Waals surface area contributed by atoms with Gasteiger partial charge >= 0.3 is 0 Å². The lowest BCUT2D eigenvalue weighted by molar-refractivity contribution is -0.123. The molecular weight excluding hydrogens is 367 g/mol. The standard InChI is InChI=1S/C17H16Cl2N2O4/c1-2-24-14-5-3-4-6-15(14)25-10-16(22)20-21-17(23)11-7-8-12(18)13(19)9-11/h3-9H,2,10H2,1H3,(H,20,22)(H,21,23). The van der Waals surface area contributed by atoms with Crippen molar-refractivity contribution in [3.8, 4) is 11.5 Å². The lowest BCUT2D eigenvalue weighted by atomic mass is 10.2. The van der Waals surface area contributed by atoms with Crippen LogP contribution in [0.15, 0.2) is 42.5 Å². The molecule has 0 radical (unpaired) electrons. The normalized spacial score (nSPS) is 10.0. The van der Waals surface area contributed by atoms with Gasteiger partial charge in [0.05, 0.1) is 16.7 Å². The van der Waals surface area contributed by atoms with Gasteiger partial charge in [0.15, 0.2) is 18.1 Å². The first-order valence-corrected chi connectivity index (χ1v) is 8.15. The molecule has 0 aromatic heterocycles. The van der Waals surface area contributed by atoms with Crippen molar-refractivity contribution < 1.29 is 19.1 Å². The smallest absolute Gasteiger partial charge is 0.276 e. The van der Waals surface area contributed by atoms with Gasteiger partial charge < -0.3 is 9.47 Å². The van der Waals surface area contributed by atoms with E-state index in [1.54, 1.807) is 24.3 Å². The van der Waals surface area contributed by atoms with Crippen LogP contribution in [0.3, 0.4) is 0 Å². The highest BCUT2D eigenvalue weighted by Gasteiger charge is 2.11. The van der Waals surface area contributed by atoms with E-state index >= 15 is 0 Å². The van der Waals surface area contributed by atoms with Gasteiger partial charge in [-0.2, -0.15) is 0 Å². The maximum absolute atomic E-state index is 11.9. The van der Waals surface area contributed by atoms with E-state index in [9.17, 15) is 9.59 Å². The Balaban J connectivity index is 1.84. The van der Waals surface area contributed by atoms with E-state index in [0.717, 1.165) is 0 Å². The minimum Gasteiger partial charge on any atom is -0.490 e. The number of nitrogens with one attached hydrogen (secondary N) is 2. The molecule has 2 amide bonds. The zero-order valence-electron chi connectivity index (χ0n) is 13.3. The first kappa shape index (κ1) is 18.9. The molecule has 0 aliphatic rings. The summed E-state index contributed by atoms with van der Waals surface area (Å²) in [7, 11) is 0. The number of halogens is 2. The zero-order valence-corrected chi connectivity index (χ0v) is 14.9. The monoisotopic (exact) mass is 382 g/mol. The molecule has 0 aliphatic carbocycles. The average molecular weight is 383 g/mol. The van der Waals surface area contributed by atoms with Crippen LogP contribution in [0.25, 0.3) is 0 Å². The van der Waals surface area contributed by atoms with E-state index in [1.165, 1.54) is 18.2 Å². The fourth-order valence-corrected chi connectivity index (χ4v) is 2.16. The minimum absolute atomic E-state index is 0.247. The number of carbonyl (C=O) groups excluding carboxylic acids is 2. The van der Waals surface area contributed by atoms with Crippen molar-refractivity contribution in [1.29, 1.82) is 0 Å². The first-order chi connectivity index (χ1) is 12.0. The van der Waals surface area contributed by atoms with Crippen LogP contribution < -0.4 is 20.3 Å². The van der Waals surface area contributed by atoms with Gasteiger partial charge in [0.25, 0.3) is 11.8 Å². The van der Waals surface area contributed by atoms with Crippen molar-refractivity contribution in [2.75, 3.05) is 13.2 Å². The van der Waals surface area contributed by atoms with Crippen molar-refractivity contribution >= 4 is 35.0 Å². The quantitative estimate of drug-likeness (QED) is 0.751. The Morgan fingerprint density at radius 3 is 2.28 bits per heavy atom. The van der Waals surface area contributed by atoms with Crippen molar-refractivity contribution in [2.45, 2.75) is 6.92 Å². The average Bonchev–Trinajstić information content (AvgIpc) is 2.61. The van der Waals surface area contributed by atoms with Crippen LogP contribution >= 0.6 is 23.2 Å². The Bertz CT molecular complexity index is 768. The SMILES string of the molecule is CCOc1ccccc1OCC(=O)NNC(=O)c1ccc(Cl)c(Cl)c1. The third kappa shape index (κ3) is 5.55. The van der Waals surface area contributed by atoms with Gasteiger partial charge in [-0.25, -0.2) is 0 Å². The lowest BCUT2D eigenvalue weighted by Gasteiger charge is -2.12. The Labute approximate surface area is 155 Å². The van der Waals surface area contributed by atoms with Crippen LogP contribution in [0, 0.1) is 0 Å². The van der Waals surface area contributed by atoms with Crippen LogP contribution in [-0.4, -0.2) is 25.0 Å². The molecule has 0 spiro atoms. The molecule has 2 N–H and O–H groups in total. The highest BCUT2D eigenvalue weighted by molar-refractivity contribution is 6.42. The number of benzene rings is 2. The molecule has 0 saturated carbocycles. The second-order valence-corrected chi connectivity index (χ2v) is 5.61. The maximum atomic E-state index is 11.9. The molecule has 0 bridgehead atoms. The van der Waals surface area contributed by atoms with Crippen LogP contribution in [0.5, 0.6) is 11.5 Å². The Morgan fingerprint density at radius 1 is 0.960 bits per heavy atom. The number of hydrazine groups is 1. The molecule has 2 aromatic carbocycles. The fourth-order valence-electron chi connectivity index (χ4n) is 1.86. The Hall–Kier alpha value is -2.44. The van der Waals surface area contributed by atoms with E-state index < -0.39 is 11.8 Å². The van der Waals surface area contributed by atoms with Crippen molar-refractivity contribution in [3.63, 3.8) is 0 Å². The molecule has 0 saturated heterocycles. The van der Waals surface area contributed by atoms with Gasteiger partial charge in [-0.15, -0.1) is 0 Å². The van der Waals surface area contributed by atoms with E-state index in [-0.39, 0.29) is 17.2 Å². The molecule has 0 aliphatic heterocycles. The molecule has 2 rings (SSSR count). The summed E-state index contributed by atoms with van der Waals surface area (Å²) >= 11 is 11.6. The van der Waals surface area contributed by atoms with Crippen LogP contribution in [-0.2, 0) is 4.79 Å². The van der Waals surface area contributed by atoms with Crippen LogP contribution in [0.2, 0.25) is 10.0 Å². The zero-order chi connectivity index (χ0) is 18.2. The van der Waals surface area contributed by atoms with Gasteiger partial charge in [-0.1, -0.05) is 35.3 Å². The minimum atomic E-state index is -0.528. The van der Waals surface area contributed by atoms with E-state index in [1.807, 2.05) is 6.92 Å². The first-order valence-electron chi connectivity index (χ1n) is 7.40. The summed E-state index contributed by atoms with van der Waals surface area (Å²) in [6.45, 7) is 2.04. The molecule has 25 heavy (non-hydrogen) atoms. The summed E-state index contributed by atoms with van der Waals surface area (Å²) in [5.74, 6) is -0.0747. The number of carbonyl (C=O) groups is 2. The maximum Gasteiger partial charge on any atom is 0.276 e. The largest absolute Gasteiger partial charge is 0.490 e. The molecular formula is C17H16Cl2N2O4. The molecule has 6 nitrogen and oxygen atoms in total. The number of para-hydroxylation sites is 2. The topological polar surface area (TPSA) is 76.7 Å². The van der Waals surface area contributed by atoms with Crippen molar-refractivity contribution in [2.24, 2.45) is 0 Å². The molecule has 8 heteroatoms. The van der Waals surface area contributed by atoms with Crippen LogP contribution in [0.4, 0.5) is 0 Å². The van der Waals surface area contributed by atoms with Gasteiger partial charge in [0.2, 0.25) is 0 Å². The number of amides is 2. The number of rotatable bonds is 6. The third-order valence-corrected chi connectivity index (χ3v) is 3.74. The second-order valence-electron chi connectivity index (χ2n) is 4.80. The number of hydrogen-bond donors (Lipinski definition) is 2. The van der Waals surface area contributed by atoms with E-state index in [2.05, 4.69) is 10.9 Å². The summed E-state index contributed by atoms with van der Waals surface area (Å²) in [6, 6.07) is 11.4. The van der Waals surface area contributed by atoms with Crippen LogP contribution in [0.1, 0.15) is 17.3 Å². The molecule has 0 fully saturated rings. The fraction of sp³-hybridized carbons (Fsp3) is 0.176. The molecule has 0 heterocycles. The van der Waals surface area contributed by atoms with Crippen molar-refractivity contribution in [1.82, 2.24) is 10.9 Å². The van der Waals surface area contributed by atoms with Gasteiger partial charge in [-0.3, -0.25) is 20.4 Å². The van der Waals surface area contributed by atoms with Gasteiger partial charge in [0.1, 0.15) is 0 Å². The molecule has 0 unspecified atom stereocenters. The third-order valence-electron chi connectivity index (χ3n) is 3.01. The highest BCUT2D eigenvalue weighted by atomic mass is 35.5. The predicted molar refractivity (Wildman–Crippen MR) is 95.2 cm³/mol. The number of ether oxygens (including phenoxy) is 2. The summed E-state index contributed by atoms with van der Waals surface area (Å²) in [6.07, 6.45) is 0. The summed E-state index contributed by atoms with van der Waals surface area (Å²) < 4.78 is 10.8. The van der Waals surface area contributed by atoms with Gasteiger partial charge in [0, 0.05) is 5.56 Å². The van der Waals surface area contributed by atoms with E-state index in [0.29, 0.717) is 23.1 Å². The Morgan fingerprint density at radius 2 is 1.64 bits per heavy atom. The summed E-state index contributed by atoms with van der Waals surface area (Å²) in [5, 5.41) is 0.583. The Kier molecular flexibility index (Phi) is 6.91. The summed E-state index contributed by atoms with van der Waals surface area (Å²) in [5.41, 5.74) is 4.79. The van der Waals surface area contributed by atoms with Gasteiger partial charge in [-0.05, 0) is 37.3 Å².